The van der Waals surface area contributed by atoms with E-state index < -0.39 is 5.97 Å². The highest BCUT2D eigenvalue weighted by Crippen LogP contribution is 2.30. The molecule has 0 bridgehead atoms. The number of H-pyrrole nitrogens is 1. The number of hydrogen-bond donors (Lipinski definition) is 2. The van der Waals surface area contributed by atoms with Gasteiger partial charge in [-0.05, 0) is 23.8 Å². The molecular weight excluding hydrogens is 278 g/mol. The van der Waals surface area contributed by atoms with Crippen LogP contribution in [0.25, 0.3) is 17.0 Å². The summed E-state index contributed by atoms with van der Waals surface area (Å²) in [6.07, 6.45) is 4.46. The van der Waals surface area contributed by atoms with E-state index in [1.54, 1.807) is 12.3 Å². The molecule has 110 valence electrons. The van der Waals surface area contributed by atoms with Crippen molar-refractivity contribution in [3.63, 3.8) is 0 Å². The summed E-state index contributed by atoms with van der Waals surface area (Å²) in [5.74, 6) is -0.246. The first-order valence-electron chi connectivity index (χ1n) is 6.92. The van der Waals surface area contributed by atoms with Crippen LogP contribution in [-0.2, 0) is 11.4 Å². The normalized spacial score (nSPS) is 11.1. The van der Waals surface area contributed by atoms with Crippen molar-refractivity contribution < 1.29 is 14.6 Å². The standard InChI is InChI=1S/C18H15NO3/c20-17(21)10-9-14-11-19-15-7-4-8-16(18(14)15)22-12-13-5-2-1-3-6-13/h1-11,19H,12H2,(H,20,21)/b10-9-. The van der Waals surface area contributed by atoms with Crippen LogP contribution in [0.2, 0.25) is 0 Å². The maximum atomic E-state index is 10.7. The van der Waals surface area contributed by atoms with E-state index in [1.165, 1.54) is 0 Å². The SMILES string of the molecule is O=C(O)/C=C\c1c[nH]c2cccc(OCc3ccccc3)c12. The summed E-state index contributed by atoms with van der Waals surface area (Å²) >= 11 is 0. The zero-order valence-corrected chi connectivity index (χ0v) is 11.8. The van der Waals surface area contributed by atoms with Gasteiger partial charge in [0.1, 0.15) is 12.4 Å². The van der Waals surface area contributed by atoms with Crippen molar-refractivity contribution in [1.82, 2.24) is 4.98 Å². The van der Waals surface area contributed by atoms with E-state index in [1.807, 2.05) is 48.5 Å². The van der Waals surface area contributed by atoms with E-state index >= 15 is 0 Å². The van der Waals surface area contributed by atoms with Gasteiger partial charge < -0.3 is 14.8 Å². The summed E-state index contributed by atoms with van der Waals surface area (Å²) < 4.78 is 5.91. The van der Waals surface area contributed by atoms with Crippen molar-refractivity contribution in [3.8, 4) is 5.75 Å². The molecule has 0 saturated heterocycles. The Morgan fingerprint density at radius 3 is 2.73 bits per heavy atom. The molecule has 4 heteroatoms. The maximum absolute atomic E-state index is 10.7. The molecule has 0 saturated carbocycles. The van der Waals surface area contributed by atoms with Gasteiger partial charge in [-0.1, -0.05) is 36.4 Å². The van der Waals surface area contributed by atoms with Crippen molar-refractivity contribution in [2.75, 3.05) is 0 Å². The fourth-order valence-corrected chi connectivity index (χ4v) is 2.32. The first kappa shape index (κ1) is 13.9. The molecular formula is C18H15NO3. The highest BCUT2D eigenvalue weighted by molar-refractivity contribution is 5.96. The largest absolute Gasteiger partial charge is 0.488 e. The minimum atomic E-state index is -0.975. The quantitative estimate of drug-likeness (QED) is 0.702. The van der Waals surface area contributed by atoms with Crippen LogP contribution in [0.3, 0.4) is 0 Å². The number of rotatable bonds is 5. The van der Waals surface area contributed by atoms with Gasteiger partial charge in [0.05, 0.1) is 0 Å². The molecule has 0 aliphatic carbocycles. The van der Waals surface area contributed by atoms with Gasteiger partial charge in [-0.15, -0.1) is 0 Å². The number of carboxylic acid groups (broad SMARTS) is 1. The second-order valence-electron chi connectivity index (χ2n) is 4.87. The van der Waals surface area contributed by atoms with E-state index in [0.29, 0.717) is 6.61 Å². The summed E-state index contributed by atoms with van der Waals surface area (Å²) in [4.78, 5) is 13.8. The Morgan fingerprint density at radius 2 is 1.95 bits per heavy atom. The lowest BCUT2D eigenvalue weighted by Crippen LogP contribution is -1.95. The van der Waals surface area contributed by atoms with Gasteiger partial charge >= 0.3 is 5.97 Å². The van der Waals surface area contributed by atoms with E-state index in [9.17, 15) is 4.79 Å². The average molecular weight is 293 g/mol. The molecule has 0 unspecified atom stereocenters. The number of hydrogen-bond acceptors (Lipinski definition) is 2. The highest BCUT2D eigenvalue weighted by atomic mass is 16.5. The molecule has 0 radical (unpaired) electrons. The van der Waals surface area contributed by atoms with Crippen molar-refractivity contribution in [3.05, 3.63) is 71.9 Å². The Hall–Kier alpha value is -3.01. The molecule has 0 atom stereocenters. The molecule has 4 nitrogen and oxygen atoms in total. The molecule has 2 N–H and O–H groups in total. The number of nitrogens with one attached hydrogen (secondary N) is 1. The van der Waals surface area contributed by atoms with Gasteiger partial charge in [-0.2, -0.15) is 0 Å². The lowest BCUT2D eigenvalue weighted by atomic mass is 10.1. The van der Waals surface area contributed by atoms with E-state index in [4.69, 9.17) is 9.84 Å². The number of fused-ring (bicyclic) bond motifs is 1. The third-order valence-electron chi connectivity index (χ3n) is 3.34. The molecule has 0 spiro atoms. The minimum Gasteiger partial charge on any atom is -0.488 e. The van der Waals surface area contributed by atoms with Crippen LogP contribution in [0.1, 0.15) is 11.1 Å². The summed E-state index contributed by atoms with van der Waals surface area (Å²) in [6, 6.07) is 15.6. The van der Waals surface area contributed by atoms with E-state index in [0.717, 1.165) is 33.9 Å². The lowest BCUT2D eigenvalue weighted by Gasteiger charge is -2.08. The van der Waals surface area contributed by atoms with Crippen molar-refractivity contribution in [2.24, 2.45) is 0 Å². The molecule has 2 aromatic carbocycles. The lowest BCUT2D eigenvalue weighted by molar-refractivity contribution is -0.131. The third kappa shape index (κ3) is 3.01. The fraction of sp³-hybridized carbons (Fsp3) is 0.0556. The van der Waals surface area contributed by atoms with Gasteiger partial charge in [0.15, 0.2) is 0 Å². The summed E-state index contributed by atoms with van der Waals surface area (Å²) in [6.45, 7) is 0.465. The van der Waals surface area contributed by atoms with Crippen molar-refractivity contribution in [1.29, 1.82) is 0 Å². The zero-order chi connectivity index (χ0) is 15.4. The molecule has 0 fully saturated rings. The molecule has 22 heavy (non-hydrogen) atoms. The topological polar surface area (TPSA) is 62.3 Å². The maximum Gasteiger partial charge on any atom is 0.328 e. The molecule has 0 aliphatic heterocycles. The van der Waals surface area contributed by atoms with Crippen molar-refractivity contribution in [2.45, 2.75) is 6.61 Å². The van der Waals surface area contributed by atoms with Gasteiger partial charge in [-0.3, -0.25) is 0 Å². The third-order valence-corrected chi connectivity index (χ3v) is 3.34. The van der Waals surface area contributed by atoms with Gasteiger partial charge in [0.2, 0.25) is 0 Å². The number of aliphatic carboxylic acids is 1. The van der Waals surface area contributed by atoms with Crippen LogP contribution in [0.15, 0.2) is 60.8 Å². The van der Waals surface area contributed by atoms with Gasteiger partial charge in [0, 0.05) is 28.7 Å². The predicted molar refractivity (Wildman–Crippen MR) is 85.7 cm³/mol. The van der Waals surface area contributed by atoms with E-state index in [-0.39, 0.29) is 0 Å². The number of ether oxygens (including phenoxy) is 1. The molecule has 1 heterocycles. The van der Waals surface area contributed by atoms with Gasteiger partial charge in [-0.25, -0.2) is 4.79 Å². The van der Waals surface area contributed by atoms with Crippen LogP contribution in [0.4, 0.5) is 0 Å². The molecule has 3 rings (SSSR count). The number of carboxylic acids is 1. The minimum absolute atomic E-state index is 0.465. The Morgan fingerprint density at radius 1 is 1.14 bits per heavy atom. The number of aromatic nitrogens is 1. The zero-order valence-electron chi connectivity index (χ0n) is 11.8. The van der Waals surface area contributed by atoms with Crippen LogP contribution in [0, 0.1) is 0 Å². The Labute approximate surface area is 127 Å². The van der Waals surface area contributed by atoms with Crippen LogP contribution >= 0.6 is 0 Å². The van der Waals surface area contributed by atoms with Crippen LogP contribution in [-0.4, -0.2) is 16.1 Å². The summed E-state index contributed by atoms with van der Waals surface area (Å²) in [5.41, 5.74) is 2.79. The Bertz CT molecular complexity index is 819. The summed E-state index contributed by atoms with van der Waals surface area (Å²) in [5, 5.41) is 9.66. The van der Waals surface area contributed by atoms with Crippen LogP contribution in [0.5, 0.6) is 5.75 Å². The molecule has 0 amide bonds. The Balaban J connectivity index is 1.91. The second kappa shape index (κ2) is 6.18. The predicted octanol–water partition coefficient (Wildman–Crippen LogP) is 3.84. The summed E-state index contributed by atoms with van der Waals surface area (Å²) in [7, 11) is 0. The molecule has 1 aromatic heterocycles. The number of benzene rings is 2. The highest BCUT2D eigenvalue weighted by Gasteiger charge is 2.08. The van der Waals surface area contributed by atoms with Crippen molar-refractivity contribution >= 4 is 22.9 Å². The number of aromatic amines is 1. The smallest absolute Gasteiger partial charge is 0.328 e. The molecule has 0 aliphatic rings. The van der Waals surface area contributed by atoms with E-state index in [2.05, 4.69) is 4.98 Å². The average Bonchev–Trinajstić information content (AvgIpc) is 2.96. The second-order valence-corrected chi connectivity index (χ2v) is 4.87. The molecule has 3 aromatic rings. The first-order chi connectivity index (χ1) is 10.7. The monoisotopic (exact) mass is 293 g/mol. The van der Waals surface area contributed by atoms with Crippen LogP contribution < -0.4 is 4.74 Å². The Kier molecular flexibility index (Phi) is 3.92. The fourth-order valence-electron chi connectivity index (χ4n) is 2.32. The number of carbonyl (C=O) groups is 1. The first-order valence-corrected chi connectivity index (χ1v) is 6.92. The van der Waals surface area contributed by atoms with Gasteiger partial charge in [0.25, 0.3) is 0 Å².